The Morgan fingerprint density at radius 2 is 1.68 bits per heavy atom. The maximum absolute atomic E-state index is 12.0. The van der Waals surface area contributed by atoms with Crippen LogP contribution >= 0.6 is 0 Å². The number of Topliss-reactive ketones (excluding diaryl/α,β-unsaturated/α-hetero) is 1. The summed E-state index contributed by atoms with van der Waals surface area (Å²) < 4.78 is 5.10. The van der Waals surface area contributed by atoms with Crippen LogP contribution in [0.15, 0.2) is 48.5 Å². The molecule has 0 spiro atoms. The van der Waals surface area contributed by atoms with Gasteiger partial charge >= 0.3 is 0 Å². The Balaban J connectivity index is 1.94. The van der Waals surface area contributed by atoms with Crippen LogP contribution in [-0.2, 0) is 6.42 Å². The number of aryl methyl sites for hydroxylation is 1. The zero-order valence-corrected chi connectivity index (χ0v) is 10.9. The maximum Gasteiger partial charge on any atom is 0.163 e. The number of ether oxygens (including phenoxy) is 1. The van der Waals surface area contributed by atoms with E-state index in [0.29, 0.717) is 17.7 Å². The highest BCUT2D eigenvalue weighted by atomic mass is 16.5. The number of ketones is 1. The minimum atomic E-state index is 0.135. The van der Waals surface area contributed by atoms with Gasteiger partial charge in [0, 0.05) is 17.7 Å². The van der Waals surface area contributed by atoms with Crippen LogP contribution < -0.4 is 10.5 Å². The van der Waals surface area contributed by atoms with Gasteiger partial charge in [-0.2, -0.15) is 0 Å². The minimum Gasteiger partial charge on any atom is -0.497 e. The Labute approximate surface area is 113 Å². The maximum atomic E-state index is 12.0. The summed E-state index contributed by atoms with van der Waals surface area (Å²) in [6.45, 7) is 0. The molecule has 2 aromatic rings. The molecule has 2 N–H and O–H groups in total. The summed E-state index contributed by atoms with van der Waals surface area (Å²) in [6, 6.07) is 14.8. The highest BCUT2D eigenvalue weighted by Gasteiger charge is 2.06. The van der Waals surface area contributed by atoms with Gasteiger partial charge in [0.15, 0.2) is 5.78 Å². The minimum absolute atomic E-state index is 0.135. The molecule has 2 rings (SSSR count). The van der Waals surface area contributed by atoms with Gasteiger partial charge in [-0.3, -0.25) is 4.79 Å². The number of carbonyl (C=O) groups is 1. The van der Waals surface area contributed by atoms with Gasteiger partial charge in [-0.1, -0.05) is 12.1 Å². The van der Waals surface area contributed by atoms with Gasteiger partial charge in [-0.05, 0) is 48.4 Å². The molecule has 98 valence electrons. The zero-order chi connectivity index (χ0) is 13.7. The van der Waals surface area contributed by atoms with Gasteiger partial charge < -0.3 is 10.5 Å². The molecule has 0 aliphatic heterocycles. The van der Waals surface area contributed by atoms with Gasteiger partial charge in [0.1, 0.15) is 5.75 Å². The molecular weight excluding hydrogens is 238 g/mol. The SMILES string of the molecule is COc1ccc(CCC(=O)c2ccc(N)cc2)cc1. The molecule has 0 aromatic heterocycles. The van der Waals surface area contributed by atoms with Crippen molar-refractivity contribution in [2.45, 2.75) is 12.8 Å². The van der Waals surface area contributed by atoms with E-state index in [-0.39, 0.29) is 5.78 Å². The van der Waals surface area contributed by atoms with Crippen molar-refractivity contribution in [1.29, 1.82) is 0 Å². The quantitative estimate of drug-likeness (QED) is 0.659. The van der Waals surface area contributed by atoms with Gasteiger partial charge in [0.2, 0.25) is 0 Å². The third-order valence-electron chi connectivity index (χ3n) is 3.03. The Bertz CT molecular complexity index is 544. The molecule has 0 saturated heterocycles. The van der Waals surface area contributed by atoms with Crippen molar-refractivity contribution in [1.82, 2.24) is 0 Å². The number of benzene rings is 2. The van der Waals surface area contributed by atoms with Crippen LogP contribution in [0.2, 0.25) is 0 Å². The zero-order valence-electron chi connectivity index (χ0n) is 10.9. The Kier molecular flexibility index (Phi) is 4.18. The van der Waals surface area contributed by atoms with E-state index in [9.17, 15) is 4.79 Å². The summed E-state index contributed by atoms with van der Waals surface area (Å²) in [6.07, 6.45) is 1.23. The number of carbonyl (C=O) groups excluding carboxylic acids is 1. The fraction of sp³-hybridized carbons (Fsp3) is 0.188. The average Bonchev–Trinajstić information content (AvgIpc) is 2.46. The molecule has 0 radical (unpaired) electrons. The third-order valence-corrected chi connectivity index (χ3v) is 3.03. The number of methoxy groups -OCH3 is 1. The predicted octanol–water partition coefficient (Wildman–Crippen LogP) is 3.09. The Morgan fingerprint density at radius 1 is 1.05 bits per heavy atom. The van der Waals surface area contributed by atoms with E-state index < -0.39 is 0 Å². The molecular formula is C16H17NO2. The van der Waals surface area contributed by atoms with Gasteiger partial charge in [-0.15, -0.1) is 0 Å². The molecule has 3 heteroatoms. The molecule has 0 heterocycles. The summed E-state index contributed by atoms with van der Waals surface area (Å²) in [5.74, 6) is 0.962. The van der Waals surface area contributed by atoms with Crippen LogP contribution in [0.4, 0.5) is 5.69 Å². The number of hydrogen-bond acceptors (Lipinski definition) is 3. The Morgan fingerprint density at radius 3 is 2.26 bits per heavy atom. The molecule has 0 aliphatic carbocycles. The van der Waals surface area contributed by atoms with E-state index in [0.717, 1.165) is 17.7 Å². The number of hydrogen-bond donors (Lipinski definition) is 1. The number of rotatable bonds is 5. The molecule has 2 aromatic carbocycles. The van der Waals surface area contributed by atoms with E-state index in [2.05, 4.69) is 0 Å². The number of nitrogen functional groups attached to an aromatic ring is 1. The molecule has 0 bridgehead atoms. The first-order valence-electron chi connectivity index (χ1n) is 6.21. The second-order valence-electron chi connectivity index (χ2n) is 4.39. The second-order valence-corrected chi connectivity index (χ2v) is 4.39. The number of anilines is 1. The first-order chi connectivity index (χ1) is 9.19. The third kappa shape index (κ3) is 3.58. The average molecular weight is 255 g/mol. The van der Waals surface area contributed by atoms with Crippen molar-refractivity contribution in [3.63, 3.8) is 0 Å². The normalized spacial score (nSPS) is 10.2. The summed E-state index contributed by atoms with van der Waals surface area (Å²) >= 11 is 0. The second kappa shape index (κ2) is 6.05. The van der Waals surface area contributed by atoms with Crippen molar-refractivity contribution < 1.29 is 9.53 Å². The van der Waals surface area contributed by atoms with Crippen molar-refractivity contribution in [3.8, 4) is 5.75 Å². The van der Waals surface area contributed by atoms with Crippen molar-refractivity contribution in [2.24, 2.45) is 0 Å². The van der Waals surface area contributed by atoms with E-state index >= 15 is 0 Å². The smallest absolute Gasteiger partial charge is 0.163 e. The lowest BCUT2D eigenvalue weighted by Gasteiger charge is -2.04. The van der Waals surface area contributed by atoms with Crippen LogP contribution in [0.5, 0.6) is 5.75 Å². The predicted molar refractivity (Wildman–Crippen MR) is 76.5 cm³/mol. The lowest BCUT2D eigenvalue weighted by atomic mass is 10.0. The van der Waals surface area contributed by atoms with Crippen LogP contribution in [0.3, 0.4) is 0 Å². The molecule has 0 unspecified atom stereocenters. The molecule has 0 atom stereocenters. The van der Waals surface area contributed by atoms with Crippen molar-refractivity contribution in [3.05, 3.63) is 59.7 Å². The van der Waals surface area contributed by atoms with E-state index in [4.69, 9.17) is 10.5 Å². The summed E-state index contributed by atoms with van der Waals surface area (Å²) in [5, 5.41) is 0. The monoisotopic (exact) mass is 255 g/mol. The van der Waals surface area contributed by atoms with Crippen LogP contribution in [0, 0.1) is 0 Å². The van der Waals surface area contributed by atoms with Crippen LogP contribution in [0.25, 0.3) is 0 Å². The topological polar surface area (TPSA) is 52.3 Å². The molecule has 19 heavy (non-hydrogen) atoms. The Hall–Kier alpha value is -2.29. The molecule has 0 amide bonds. The number of nitrogens with two attached hydrogens (primary N) is 1. The summed E-state index contributed by atoms with van der Waals surface area (Å²) in [7, 11) is 1.64. The van der Waals surface area contributed by atoms with Crippen molar-refractivity contribution >= 4 is 11.5 Å². The first kappa shape index (κ1) is 13.1. The lowest BCUT2D eigenvalue weighted by molar-refractivity contribution is 0.0983. The van der Waals surface area contributed by atoms with Crippen molar-refractivity contribution in [2.75, 3.05) is 12.8 Å². The fourth-order valence-corrected chi connectivity index (χ4v) is 1.86. The molecule has 0 aliphatic rings. The largest absolute Gasteiger partial charge is 0.497 e. The van der Waals surface area contributed by atoms with Gasteiger partial charge in [0.05, 0.1) is 7.11 Å². The first-order valence-corrected chi connectivity index (χ1v) is 6.21. The molecule has 3 nitrogen and oxygen atoms in total. The highest BCUT2D eigenvalue weighted by Crippen LogP contribution is 2.14. The van der Waals surface area contributed by atoms with Gasteiger partial charge in [0.25, 0.3) is 0 Å². The lowest BCUT2D eigenvalue weighted by Crippen LogP contribution is -2.01. The standard InChI is InChI=1S/C16H17NO2/c1-19-15-9-2-12(3-10-15)4-11-16(18)13-5-7-14(17)8-6-13/h2-3,5-10H,4,11,17H2,1H3. The molecule has 0 saturated carbocycles. The van der Waals surface area contributed by atoms with Crippen LogP contribution in [0.1, 0.15) is 22.3 Å². The summed E-state index contributed by atoms with van der Waals surface area (Å²) in [4.78, 5) is 12.0. The van der Waals surface area contributed by atoms with E-state index in [1.165, 1.54) is 0 Å². The van der Waals surface area contributed by atoms with Crippen LogP contribution in [-0.4, -0.2) is 12.9 Å². The van der Waals surface area contributed by atoms with E-state index in [1.54, 1.807) is 31.4 Å². The fourth-order valence-electron chi connectivity index (χ4n) is 1.86. The van der Waals surface area contributed by atoms with Gasteiger partial charge in [-0.25, -0.2) is 0 Å². The summed E-state index contributed by atoms with van der Waals surface area (Å²) in [5.41, 5.74) is 8.11. The van der Waals surface area contributed by atoms with E-state index in [1.807, 2.05) is 24.3 Å². The highest BCUT2D eigenvalue weighted by molar-refractivity contribution is 5.96. The molecule has 0 fully saturated rings.